The first-order chi connectivity index (χ1) is 10.3. The largest absolute Gasteiger partial charge is 0.354 e. The van der Waals surface area contributed by atoms with Gasteiger partial charge in [0, 0.05) is 25.9 Å². The molecule has 0 saturated carbocycles. The molecule has 1 saturated heterocycles. The molecule has 0 bridgehead atoms. The van der Waals surface area contributed by atoms with Crippen LogP contribution in [0.25, 0.3) is 11.2 Å². The fourth-order valence-corrected chi connectivity index (χ4v) is 2.85. The molecule has 0 aromatic carbocycles. The monoisotopic (exact) mass is 285 g/mol. The third-order valence-electron chi connectivity index (χ3n) is 3.83. The number of hydrogen-bond acceptors (Lipinski definition) is 7. The van der Waals surface area contributed by atoms with Gasteiger partial charge in [-0.15, -0.1) is 0 Å². The van der Waals surface area contributed by atoms with Crippen LogP contribution in [-0.2, 0) is 0 Å². The van der Waals surface area contributed by atoms with Crippen molar-refractivity contribution in [3.63, 3.8) is 0 Å². The van der Waals surface area contributed by atoms with Gasteiger partial charge >= 0.3 is 0 Å². The summed E-state index contributed by atoms with van der Waals surface area (Å²) in [6, 6.07) is 0. The highest BCUT2D eigenvalue weighted by molar-refractivity contribution is 5.82. The Morgan fingerprint density at radius 1 is 1.33 bits per heavy atom. The maximum Gasteiger partial charge on any atom is 0.223 e. The molecule has 8 nitrogen and oxygen atoms in total. The van der Waals surface area contributed by atoms with Gasteiger partial charge in [-0.25, -0.2) is 15.0 Å². The predicted molar refractivity (Wildman–Crippen MR) is 74.9 cm³/mol. The summed E-state index contributed by atoms with van der Waals surface area (Å²) < 4.78 is 5.10. The number of rotatable bonds is 2. The molecule has 4 heterocycles. The van der Waals surface area contributed by atoms with Crippen molar-refractivity contribution in [3.8, 4) is 0 Å². The van der Waals surface area contributed by atoms with Crippen LogP contribution in [0, 0.1) is 6.92 Å². The van der Waals surface area contributed by atoms with E-state index >= 15 is 0 Å². The first-order valence-electron chi connectivity index (χ1n) is 7.00. The smallest absolute Gasteiger partial charge is 0.223 e. The molecule has 1 N–H and O–H groups in total. The Balaban J connectivity index is 1.65. The summed E-state index contributed by atoms with van der Waals surface area (Å²) in [5.74, 6) is 2.55. The van der Waals surface area contributed by atoms with Gasteiger partial charge in [-0.05, 0) is 12.8 Å². The molecule has 8 heteroatoms. The average Bonchev–Trinajstić information content (AvgIpc) is 3.15. The summed E-state index contributed by atoms with van der Waals surface area (Å²) in [6.07, 6.45) is 5.33. The third-order valence-corrected chi connectivity index (χ3v) is 3.83. The molecule has 4 rings (SSSR count). The number of aryl methyl sites for hydroxylation is 1. The lowest BCUT2D eigenvalue weighted by Gasteiger charge is -2.32. The van der Waals surface area contributed by atoms with Crippen molar-refractivity contribution in [1.29, 1.82) is 0 Å². The fourth-order valence-electron chi connectivity index (χ4n) is 2.85. The number of aromatic nitrogens is 6. The maximum absolute atomic E-state index is 5.10. The minimum absolute atomic E-state index is 0.268. The number of imidazole rings is 1. The van der Waals surface area contributed by atoms with Crippen molar-refractivity contribution >= 4 is 17.0 Å². The van der Waals surface area contributed by atoms with E-state index in [2.05, 4.69) is 35.0 Å². The van der Waals surface area contributed by atoms with Gasteiger partial charge in [0.2, 0.25) is 5.89 Å². The summed E-state index contributed by atoms with van der Waals surface area (Å²) in [6.45, 7) is 3.60. The summed E-state index contributed by atoms with van der Waals surface area (Å²) in [5.41, 5.74) is 1.57. The Morgan fingerprint density at radius 3 is 3.14 bits per heavy atom. The Hall–Kier alpha value is -2.51. The lowest BCUT2D eigenvalue weighted by molar-refractivity contribution is 0.377. The number of fused-ring (bicyclic) bond motifs is 1. The molecule has 0 aliphatic carbocycles. The topological polar surface area (TPSA) is 96.6 Å². The minimum Gasteiger partial charge on any atom is -0.354 e. The van der Waals surface area contributed by atoms with E-state index < -0.39 is 0 Å². The summed E-state index contributed by atoms with van der Waals surface area (Å²) in [4.78, 5) is 22.5. The van der Waals surface area contributed by atoms with Gasteiger partial charge in [0.1, 0.15) is 11.8 Å². The molecule has 1 atom stereocenters. The standard InChI is InChI=1S/C13H15N7O/c1-8-18-11(19-21-8)9-3-2-4-20(5-9)13-10-12(15-6-14-10)16-7-17-13/h6-7,9H,2-5H2,1H3,(H,14,15,16,17)/t9-/m0/s1. The molecule has 108 valence electrons. The second kappa shape index (κ2) is 4.80. The van der Waals surface area contributed by atoms with Gasteiger partial charge in [0.15, 0.2) is 17.3 Å². The first kappa shape index (κ1) is 12.2. The van der Waals surface area contributed by atoms with E-state index in [1.165, 1.54) is 0 Å². The Bertz CT molecular complexity index is 765. The number of hydrogen-bond donors (Lipinski definition) is 1. The molecule has 0 radical (unpaired) electrons. The first-order valence-corrected chi connectivity index (χ1v) is 7.00. The number of piperidine rings is 1. The Morgan fingerprint density at radius 2 is 2.29 bits per heavy atom. The van der Waals surface area contributed by atoms with Crippen LogP contribution in [0.3, 0.4) is 0 Å². The molecule has 3 aromatic rings. The molecule has 1 aliphatic heterocycles. The van der Waals surface area contributed by atoms with Gasteiger partial charge in [-0.2, -0.15) is 4.98 Å². The number of aromatic amines is 1. The molecule has 1 aliphatic rings. The summed E-state index contributed by atoms with van der Waals surface area (Å²) >= 11 is 0. The minimum atomic E-state index is 0.268. The van der Waals surface area contributed by atoms with E-state index in [0.29, 0.717) is 11.5 Å². The Kier molecular flexibility index (Phi) is 2.80. The van der Waals surface area contributed by atoms with Crippen molar-refractivity contribution in [2.45, 2.75) is 25.7 Å². The molecule has 1 fully saturated rings. The quantitative estimate of drug-likeness (QED) is 0.760. The SMILES string of the molecule is Cc1nc([C@H]2CCCN(c3ncnc4nc[nH]c34)C2)no1. The second-order valence-corrected chi connectivity index (χ2v) is 5.26. The maximum atomic E-state index is 5.10. The lowest BCUT2D eigenvalue weighted by Crippen LogP contribution is -2.35. The van der Waals surface area contributed by atoms with Gasteiger partial charge in [0.05, 0.1) is 6.33 Å². The van der Waals surface area contributed by atoms with Crippen molar-refractivity contribution in [2.75, 3.05) is 18.0 Å². The number of nitrogens with zero attached hydrogens (tertiary/aromatic N) is 6. The van der Waals surface area contributed by atoms with Gasteiger partial charge in [0.25, 0.3) is 0 Å². The van der Waals surface area contributed by atoms with Crippen LogP contribution in [0.15, 0.2) is 17.2 Å². The van der Waals surface area contributed by atoms with Crippen LogP contribution in [-0.4, -0.2) is 43.2 Å². The lowest BCUT2D eigenvalue weighted by atomic mass is 9.97. The predicted octanol–water partition coefficient (Wildman–Crippen LogP) is 1.43. The van der Waals surface area contributed by atoms with Crippen LogP contribution in [0.1, 0.15) is 30.5 Å². The number of H-pyrrole nitrogens is 1. The van der Waals surface area contributed by atoms with Crippen LogP contribution in [0.4, 0.5) is 5.82 Å². The highest BCUT2D eigenvalue weighted by Crippen LogP contribution is 2.29. The van der Waals surface area contributed by atoms with E-state index in [-0.39, 0.29) is 5.92 Å². The molecule has 21 heavy (non-hydrogen) atoms. The van der Waals surface area contributed by atoms with Crippen LogP contribution in [0.5, 0.6) is 0 Å². The van der Waals surface area contributed by atoms with E-state index in [1.54, 1.807) is 12.7 Å². The van der Waals surface area contributed by atoms with E-state index in [0.717, 1.165) is 43.1 Å². The molecule has 0 amide bonds. The van der Waals surface area contributed by atoms with Crippen molar-refractivity contribution in [2.24, 2.45) is 0 Å². The fraction of sp³-hybridized carbons (Fsp3) is 0.462. The van der Waals surface area contributed by atoms with Crippen molar-refractivity contribution in [3.05, 3.63) is 24.4 Å². The number of nitrogens with one attached hydrogen (secondary N) is 1. The molecule has 0 unspecified atom stereocenters. The second-order valence-electron chi connectivity index (χ2n) is 5.26. The molecule has 0 spiro atoms. The zero-order valence-corrected chi connectivity index (χ0v) is 11.7. The zero-order chi connectivity index (χ0) is 14.2. The normalized spacial score (nSPS) is 19.3. The van der Waals surface area contributed by atoms with Crippen LogP contribution < -0.4 is 4.90 Å². The van der Waals surface area contributed by atoms with E-state index in [4.69, 9.17) is 4.52 Å². The van der Waals surface area contributed by atoms with Gasteiger partial charge < -0.3 is 14.4 Å². The van der Waals surface area contributed by atoms with Crippen molar-refractivity contribution < 1.29 is 4.52 Å². The van der Waals surface area contributed by atoms with Crippen molar-refractivity contribution in [1.82, 2.24) is 30.1 Å². The van der Waals surface area contributed by atoms with E-state index in [9.17, 15) is 0 Å². The Labute approximate surface area is 120 Å². The highest BCUT2D eigenvalue weighted by atomic mass is 16.5. The molecular formula is C13H15N7O. The van der Waals surface area contributed by atoms with Crippen LogP contribution in [0.2, 0.25) is 0 Å². The summed E-state index contributed by atoms with van der Waals surface area (Å²) in [7, 11) is 0. The average molecular weight is 285 g/mol. The van der Waals surface area contributed by atoms with E-state index in [1.807, 2.05) is 6.92 Å². The third kappa shape index (κ3) is 2.12. The highest BCUT2D eigenvalue weighted by Gasteiger charge is 2.27. The van der Waals surface area contributed by atoms with Gasteiger partial charge in [-0.1, -0.05) is 5.16 Å². The molecule has 3 aromatic heterocycles. The number of anilines is 1. The van der Waals surface area contributed by atoms with Gasteiger partial charge in [-0.3, -0.25) is 0 Å². The summed E-state index contributed by atoms with van der Waals surface area (Å²) in [5, 5.41) is 4.05. The molecular weight excluding hydrogens is 270 g/mol. The van der Waals surface area contributed by atoms with Crippen LogP contribution >= 0.6 is 0 Å². The zero-order valence-electron chi connectivity index (χ0n) is 11.7.